The summed E-state index contributed by atoms with van der Waals surface area (Å²) in [5, 5.41) is 0. The maximum Gasteiger partial charge on any atom is 0.112 e. The lowest BCUT2D eigenvalue weighted by Gasteiger charge is -2.14. The lowest BCUT2D eigenvalue weighted by Crippen LogP contribution is -2.26. The molecule has 0 spiro atoms. The van der Waals surface area contributed by atoms with Crippen LogP contribution in [0.3, 0.4) is 0 Å². The molecule has 70 valence electrons. The van der Waals surface area contributed by atoms with Gasteiger partial charge >= 0.3 is 0 Å². The molecule has 0 aromatic rings. The van der Waals surface area contributed by atoms with E-state index in [1.54, 1.807) is 7.11 Å². The van der Waals surface area contributed by atoms with Gasteiger partial charge in [0.05, 0.1) is 12.9 Å². The second kappa shape index (κ2) is 5.17. The van der Waals surface area contributed by atoms with Gasteiger partial charge in [0.1, 0.15) is 6.10 Å². The second-order valence-corrected chi connectivity index (χ2v) is 3.01. The largest absolute Gasteiger partial charge is 0.497 e. The van der Waals surface area contributed by atoms with Crippen molar-refractivity contribution in [3.05, 3.63) is 12.8 Å². The van der Waals surface area contributed by atoms with Crippen molar-refractivity contribution < 1.29 is 9.47 Å². The van der Waals surface area contributed by atoms with Crippen LogP contribution in [0.25, 0.3) is 0 Å². The van der Waals surface area contributed by atoms with Crippen molar-refractivity contribution in [1.82, 2.24) is 4.90 Å². The summed E-state index contributed by atoms with van der Waals surface area (Å²) < 4.78 is 10.3. The van der Waals surface area contributed by atoms with E-state index < -0.39 is 0 Å². The van der Waals surface area contributed by atoms with E-state index in [0.29, 0.717) is 6.10 Å². The summed E-state index contributed by atoms with van der Waals surface area (Å²) in [6, 6.07) is 0. The molecule has 0 unspecified atom stereocenters. The summed E-state index contributed by atoms with van der Waals surface area (Å²) >= 11 is 0. The molecule has 1 aliphatic rings. The average molecular weight is 171 g/mol. The quantitative estimate of drug-likeness (QED) is 0.573. The van der Waals surface area contributed by atoms with Gasteiger partial charge in [0.15, 0.2) is 0 Å². The number of rotatable bonds is 5. The molecule has 0 aromatic carbocycles. The van der Waals surface area contributed by atoms with Gasteiger partial charge in [-0.05, 0) is 6.42 Å². The highest BCUT2D eigenvalue weighted by molar-refractivity contribution is 4.77. The van der Waals surface area contributed by atoms with Crippen molar-refractivity contribution in [2.75, 3.05) is 33.4 Å². The average Bonchev–Trinajstić information content (AvgIpc) is 2.50. The van der Waals surface area contributed by atoms with E-state index in [4.69, 9.17) is 9.47 Å². The van der Waals surface area contributed by atoms with Crippen LogP contribution in [0.2, 0.25) is 0 Å². The van der Waals surface area contributed by atoms with E-state index in [0.717, 1.165) is 32.7 Å². The first-order chi connectivity index (χ1) is 5.86. The third-order valence-corrected chi connectivity index (χ3v) is 2.13. The molecular weight excluding hydrogens is 154 g/mol. The molecule has 0 saturated carbocycles. The first-order valence-corrected chi connectivity index (χ1v) is 4.34. The Labute approximate surface area is 74.0 Å². The molecule has 0 aromatic heterocycles. The van der Waals surface area contributed by atoms with E-state index in [2.05, 4.69) is 11.5 Å². The van der Waals surface area contributed by atoms with Crippen LogP contribution in [0.1, 0.15) is 6.42 Å². The minimum Gasteiger partial charge on any atom is -0.497 e. The van der Waals surface area contributed by atoms with E-state index in [1.807, 2.05) is 0 Å². The van der Waals surface area contributed by atoms with Gasteiger partial charge < -0.3 is 9.47 Å². The topological polar surface area (TPSA) is 21.7 Å². The fraction of sp³-hybridized carbons (Fsp3) is 0.778. The fourth-order valence-corrected chi connectivity index (χ4v) is 1.47. The molecular formula is C9H17NO2. The lowest BCUT2D eigenvalue weighted by molar-refractivity contribution is 0.130. The van der Waals surface area contributed by atoms with Crippen LogP contribution in [0.15, 0.2) is 12.8 Å². The van der Waals surface area contributed by atoms with Crippen molar-refractivity contribution in [3.63, 3.8) is 0 Å². The molecule has 0 amide bonds. The van der Waals surface area contributed by atoms with Crippen LogP contribution < -0.4 is 0 Å². The molecule has 1 saturated heterocycles. The molecule has 0 aliphatic carbocycles. The molecule has 1 aliphatic heterocycles. The number of hydrogen-bond donors (Lipinski definition) is 0. The van der Waals surface area contributed by atoms with Gasteiger partial charge in [0.2, 0.25) is 0 Å². The van der Waals surface area contributed by atoms with E-state index >= 15 is 0 Å². The van der Waals surface area contributed by atoms with Gasteiger partial charge in [-0.3, -0.25) is 4.90 Å². The minimum atomic E-state index is 0.347. The molecule has 1 fully saturated rings. The van der Waals surface area contributed by atoms with Crippen LogP contribution >= 0.6 is 0 Å². The maximum absolute atomic E-state index is 5.29. The van der Waals surface area contributed by atoms with Crippen molar-refractivity contribution in [2.45, 2.75) is 12.5 Å². The molecule has 1 atom stereocenters. The zero-order chi connectivity index (χ0) is 8.81. The second-order valence-electron chi connectivity index (χ2n) is 3.01. The fourth-order valence-electron chi connectivity index (χ4n) is 1.47. The first-order valence-electron chi connectivity index (χ1n) is 4.34. The predicted octanol–water partition coefficient (Wildman–Crippen LogP) is 0.867. The summed E-state index contributed by atoms with van der Waals surface area (Å²) in [5.74, 6) is 0. The van der Waals surface area contributed by atoms with Crippen LogP contribution in [0, 0.1) is 0 Å². The van der Waals surface area contributed by atoms with Gasteiger partial charge in [0.25, 0.3) is 0 Å². The molecule has 1 rings (SSSR count). The van der Waals surface area contributed by atoms with Crippen LogP contribution in [-0.2, 0) is 9.47 Å². The van der Waals surface area contributed by atoms with E-state index in [1.165, 1.54) is 6.26 Å². The highest BCUT2D eigenvalue weighted by atomic mass is 16.5. The smallest absolute Gasteiger partial charge is 0.112 e. The number of methoxy groups -OCH3 is 1. The van der Waals surface area contributed by atoms with E-state index in [9.17, 15) is 0 Å². The predicted molar refractivity (Wildman–Crippen MR) is 48.0 cm³/mol. The number of ether oxygens (including phenoxy) is 2. The SMILES string of the molecule is C=CO[C@H]1CCN(CCOC)C1. The Morgan fingerprint density at radius 3 is 3.17 bits per heavy atom. The summed E-state index contributed by atoms with van der Waals surface area (Å²) in [6.07, 6.45) is 2.99. The Morgan fingerprint density at radius 2 is 2.50 bits per heavy atom. The van der Waals surface area contributed by atoms with Gasteiger partial charge in [0, 0.05) is 26.7 Å². The van der Waals surface area contributed by atoms with Crippen molar-refractivity contribution >= 4 is 0 Å². The standard InChI is InChI=1S/C9H17NO2/c1-3-12-9-4-5-10(8-9)6-7-11-2/h3,9H,1,4-8H2,2H3/t9-/m0/s1. The Kier molecular flexibility index (Phi) is 4.11. The van der Waals surface area contributed by atoms with E-state index in [-0.39, 0.29) is 0 Å². The van der Waals surface area contributed by atoms with Gasteiger partial charge in [-0.2, -0.15) is 0 Å². The maximum atomic E-state index is 5.29. The molecule has 0 radical (unpaired) electrons. The summed E-state index contributed by atoms with van der Waals surface area (Å²) in [4.78, 5) is 2.34. The number of likely N-dealkylation sites (tertiary alicyclic amines) is 1. The molecule has 3 nitrogen and oxygen atoms in total. The van der Waals surface area contributed by atoms with Crippen molar-refractivity contribution in [2.24, 2.45) is 0 Å². The molecule has 3 heteroatoms. The Morgan fingerprint density at radius 1 is 1.67 bits per heavy atom. The summed E-state index contributed by atoms with van der Waals surface area (Å²) in [6.45, 7) is 7.48. The van der Waals surface area contributed by atoms with Crippen LogP contribution in [0.5, 0.6) is 0 Å². The van der Waals surface area contributed by atoms with Crippen LogP contribution in [-0.4, -0.2) is 44.4 Å². The number of hydrogen-bond acceptors (Lipinski definition) is 3. The first kappa shape index (κ1) is 9.55. The van der Waals surface area contributed by atoms with Gasteiger partial charge in [-0.1, -0.05) is 6.58 Å². The van der Waals surface area contributed by atoms with Crippen molar-refractivity contribution in [1.29, 1.82) is 0 Å². The molecule has 1 heterocycles. The number of nitrogens with zero attached hydrogens (tertiary/aromatic N) is 1. The third kappa shape index (κ3) is 2.83. The highest BCUT2D eigenvalue weighted by Crippen LogP contribution is 2.11. The Hall–Kier alpha value is -0.540. The van der Waals surface area contributed by atoms with Gasteiger partial charge in [-0.25, -0.2) is 0 Å². The molecule has 0 N–H and O–H groups in total. The minimum absolute atomic E-state index is 0.347. The van der Waals surface area contributed by atoms with Gasteiger partial charge in [-0.15, -0.1) is 0 Å². The summed E-state index contributed by atoms with van der Waals surface area (Å²) in [5.41, 5.74) is 0. The monoisotopic (exact) mass is 171 g/mol. The Balaban J connectivity index is 2.12. The zero-order valence-electron chi connectivity index (χ0n) is 7.66. The normalized spacial score (nSPS) is 24.2. The van der Waals surface area contributed by atoms with Crippen LogP contribution in [0.4, 0.5) is 0 Å². The molecule has 12 heavy (non-hydrogen) atoms. The third-order valence-electron chi connectivity index (χ3n) is 2.13. The zero-order valence-corrected chi connectivity index (χ0v) is 7.66. The Bertz CT molecular complexity index is 138. The highest BCUT2D eigenvalue weighted by Gasteiger charge is 2.21. The lowest BCUT2D eigenvalue weighted by atomic mass is 10.3. The molecule has 0 bridgehead atoms. The summed E-state index contributed by atoms with van der Waals surface area (Å²) in [7, 11) is 1.73. The van der Waals surface area contributed by atoms with Crippen molar-refractivity contribution in [3.8, 4) is 0 Å².